The van der Waals surface area contributed by atoms with Gasteiger partial charge in [-0.3, -0.25) is 4.98 Å². The zero-order chi connectivity index (χ0) is 14.7. The highest BCUT2D eigenvalue weighted by Crippen LogP contribution is 2.39. The van der Waals surface area contributed by atoms with Gasteiger partial charge in [-0.15, -0.1) is 0 Å². The predicted molar refractivity (Wildman–Crippen MR) is 78.7 cm³/mol. The minimum Gasteiger partial charge on any atom is -0.368 e. The van der Waals surface area contributed by atoms with Gasteiger partial charge in [-0.05, 0) is 37.0 Å². The largest absolute Gasteiger partial charge is 0.368 e. The van der Waals surface area contributed by atoms with E-state index in [1.165, 1.54) is 12.0 Å². The van der Waals surface area contributed by atoms with Gasteiger partial charge in [-0.2, -0.15) is 4.98 Å². The van der Waals surface area contributed by atoms with Crippen molar-refractivity contribution in [2.75, 3.05) is 7.11 Å². The Morgan fingerprint density at radius 1 is 1.29 bits per heavy atom. The zero-order valence-corrected chi connectivity index (χ0v) is 12.6. The summed E-state index contributed by atoms with van der Waals surface area (Å²) in [7, 11) is 1.73. The number of methoxy groups -OCH3 is 1. The maximum Gasteiger partial charge on any atom is 0.259 e. The van der Waals surface area contributed by atoms with Crippen molar-refractivity contribution in [1.82, 2.24) is 15.1 Å². The van der Waals surface area contributed by atoms with Gasteiger partial charge in [0.2, 0.25) is 5.82 Å². The van der Waals surface area contributed by atoms with Crippen LogP contribution in [-0.4, -0.2) is 22.2 Å². The van der Waals surface area contributed by atoms with Crippen LogP contribution in [-0.2, 0) is 16.8 Å². The van der Waals surface area contributed by atoms with E-state index < -0.39 is 5.60 Å². The Morgan fingerprint density at radius 2 is 2.10 bits per heavy atom. The van der Waals surface area contributed by atoms with E-state index in [1.807, 2.05) is 12.1 Å². The number of ether oxygens (including phenoxy) is 1. The number of rotatable bonds is 4. The molecule has 3 rings (SSSR count). The van der Waals surface area contributed by atoms with Gasteiger partial charge in [0.05, 0.1) is 0 Å². The van der Waals surface area contributed by atoms with Crippen LogP contribution in [0.5, 0.6) is 0 Å². The average molecular weight is 287 g/mol. The molecule has 0 unspecified atom stereocenters. The van der Waals surface area contributed by atoms with Gasteiger partial charge in [0.15, 0.2) is 0 Å². The van der Waals surface area contributed by atoms with Gasteiger partial charge in [0, 0.05) is 13.3 Å². The molecule has 0 N–H and O–H groups in total. The van der Waals surface area contributed by atoms with Gasteiger partial charge in [-0.25, -0.2) is 0 Å². The second kappa shape index (κ2) is 5.93. The number of hydrogen-bond donors (Lipinski definition) is 0. The Bertz CT molecular complexity index is 603. The lowest BCUT2D eigenvalue weighted by Crippen LogP contribution is -2.31. The van der Waals surface area contributed by atoms with Gasteiger partial charge in [-0.1, -0.05) is 31.3 Å². The molecule has 21 heavy (non-hydrogen) atoms. The van der Waals surface area contributed by atoms with Crippen LogP contribution in [0.4, 0.5) is 0 Å². The molecule has 0 saturated heterocycles. The summed E-state index contributed by atoms with van der Waals surface area (Å²) in [4.78, 5) is 8.90. The highest BCUT2D eigenvalue weighted by atomic mass is 16.5. The molecule has 0 atom stereocenters. The molecule has 0 bridgehead atoms. The van der Waals surface area contributed by atoms with Crippen LogP contribution in [0.2, 0.25) is 0 Å². The standard InChI is InChI=1S/C16H21N3O2/c1-3-12-7-10-17-13(11-12)14-18-15(21-19-14)16(20-2)8-5-4-6-9-16/h7,10-11H,3-6,8-9H2,1-2H3. The van der Waals surface area contributed by atoms with Crippen LogP contribution in [0.3, 0.4) is 0 Å². The monoisotopic (exact) mass is 287 g/mol. The van der Waals surface area contributed by atoms with Crippen LogP contribution in [0, 0.1) is 0 Å². The van der Waals surface area contributed by atoms with E-state index in [1.54, 1.807) is 13.3 Å². The van der Waals surface area contributed by atoms with E-state index >= 15 is 0 Å². The van der Waals surface area contributed by atoms with Crippen molar-refractivity contribution in [3.05, 3.63) is 29.8 Å². The van der Waals surface area contributed by atoms with Crippen molar-refractivity contribution < 1.29 is 9.26 Å². The molecule has 2 aromatic rings. The minimum atomic E-state index is -0.411. The molecule has 2 aromatic heterocycles. The number of aryl methyl sites for hydroxylation is 1. The van der Waals surface area contributed by atoms with Crippen molar-refractivity contribution in [3.63, 3.8) is 0 Å². The van der Waals surface area contributed by atoms with Gasteiger partial charge in [0.25, 0.3) is 5.89 Å². The van der Waals surface area contributed by atoms with E-state index in [0.29, 0.717) is 11.7 Å². The third-order valence-electron chi connectivity index (χ3n) is 4.33. The fourth-order valence-electron chi connectivity index (χ4n) is 2.96. The second-order valence-corrected chi connectivity index (χ2v) is 5.59. The van der Waals surface area contributed by atoms with Crippen LogP contribution in [0.25, 0.3) is 11.5 Å². The summed E-state index contributed by atoms with van der Waals surface area (Å²) in [5.74, 6) is 1.13. The fraction of sp³-hybridized carbons (Fsp3) is 0.562. The highest BCUT2D eigenvalue weighted by Gasteiger charge is 2.39. The van der Waals surface area contributed by atoms with Crippen LogP contribution >= 0.6 is 0 Å². The van der Waals surface area contributed by atoms with Crippen molar-refractivity contribution in [2.45, 2.75) is 51.0 Å². The van der Waals surface area contributed by atoms with E-state index in [2.05, 4.69) is 22.0 Å². The SMILES string of the molecule is CCc1ccnc(-c2noc(C3(OC)CCCCC3)n2)c1. The number of hydrogen-bond acceptors (Lipinski definition) is 5. The van der Waals surface area contributed by atoms with Crippen LogP contribution in [0.15, 0.2) is 22.9 Å². The van der Waals surface area contributed by atoms with Gasteiger partial charge < -0.3 is 9.26 Å². The van der Waals surface area contributed by atoms with E-state index in [9.17, 15) is 0 Å². The maximum absolute atomic E-state index is 5.74. The molecule has 0 radical (unpaired) electrons. The molecule has 1 aliphatic carbocycles. The Kier molecular flexibility index (Phi) is 4.01. The number of nitrogens with zero attached hydrogens (tertiary/aromatic N) is 3. The summed E-state index contributed by atoms with van der Waals surface area (Å²) in [5.41, 5.74) is 1.56. The van der Waals surface area contributed by atoms with Gasteiger partial charge in [0.1, 0.15) is 11.3 Å². The molecular formula is C16H21N3O2. The Labute approximate surface area is 124 Å². The topological polar surface area (TPSA) is 61.0 Å². The second-order valence-electron chi connectivity index (χ2n) is 5.59. The molecule has 112 valence electrons. The van der Waals surface area contributed by atoms with E-state index in [4.69, 9.17) is 9.26 Å². The van der Waals surface area contributed by atoms with Crippen LogP contribution in [0.1, 0.15) is 50.5 Å². The molecular weight excluding hydrogens is 266 g/mol. The summed E-state index contributed by atoms with van der Waals surface area (Å²) in [6, 6.07) is 4.01. The smallest absolute Gasteiger partial charge is 0.259 e. The average Bonchev–Trinajstić information content (AvgIpc) is 3.06. The lowest BCUT2D eigenvalue weighted by Gasteiger charge is -2.32. The lowest BCUT2D eigenvalue weighted by molar-refractivity contribution is -0.0672. The Hall–Kier alpha value is -1.75. The van der Waals surface area contributed by atoms with E-state index in [-0.39, 0.29) is 0 Å². The first-order valence-electron chi connectivity index (χ1n) is 7.62. The van der Waals surface area contributed by atoms with Crippen molar-refractivity contribution in [3.8, 4) is 11.5 Å². The fourth-order valence-corrected chi connectivity index (χ4v) is 2.96. The molecule has 1 aliphatic rings. The van der Waals surface area contributed by atoms with E-state index in [0.717, 1.165) is 37.8 Å². The summed E-state index contributed by atoms with van der Waals surface area (Å²) >= 11 is 0. The Morgan fingerprint density at radius 3 is 2.81 bits per heavy atom. The van der Waals surface area contributed by atoms with Crippen LogP contribution < -0.4 is 0 Å². The predicted octanol–water partition coefficient (Wildman–Crippen LogP) is 3.50. The first-order chi connectivity index (χ1) is 10.3. The summed E-state index contributed by atoms with van der Waals surface area (Å²) in [6.45, 7) is 2.11. The lowest BCUT2D eigenvalue weighted by atomic mass is 9.84. The molecule has 1 saturated carbocycles. The van der Waals surface area contributed by atoms with Crippen molar-refractivity contribution in [2.24, 2.45) is 0 Å². The molecule has 0 aliphatic heterocycles. The Balaban J connectivity index is 1.91. The minimum absolute atomic E-state index is 0.411. The molecule has 1 fully saturated rings. The first-order valence-corrected chi connectivity index (χ1v) is 7.62. The summed E-state index contributed by atoms with van der Waals surface area (Å²) < 4.78 is 11.2. The molecule has 5 nitrogen and oxygen atoms in total. The van der Waals surface area contributed by atoms with Crippen molar-refractivity contribution >= 4 is 0 Å². The third kappa shape index (κ3) is 2.70. The maximum atomic E-state index is 5.74. The quantitative estimate of drug-likeness (QED) is 0.861. The summed E-state index contributed by atoms with van der Waals surface area (Å²) in [5, 5.41) is 4.10. The number of pyridine rings is 1. The molecule has 0 amide bonds. The third-order valence-corrected chi connectivity index (χ3v) is 4.33. The van der Waals surface area contributed by atoms with Gasteiger partial charge >= 0.3 is 0 Å². The normalized spacial score (nSPS) is 17.8. The zero-order valence-electron chi connectivity index (χ0n) is 12.6. The highest BCUT2D eigenvalue weighted by molar-refractivity contribution is 5.49. The molecule has 2 heterocycles. The first kappa shape index (κ1) is 14.2. The molecule has 0 spiro atoms. The molecule has 0 aromatic carbocycles. The number of aromatic nitrogens is 3. The summed E-state index contributed by atoms with van der Waals surface area (Å²) in [6.07, 6.45) is 8.14. The molecule has 5 heteroatoms. The van der Waals surface area contributed by atoms with Crippen molar-refractivity contribution in [1.29, 1.82) is 0 Å².